The molecule has 0 aliphatic rings. The van der Waals surface area contributed by atoms with Gasteiger partial charge in [-0.05, 0) is 18.2 Å². The summed E-state index contributed by atoms with van der Waals surface area (Å²) in [6, 6.07) is 14.8. The molecule has 4 rings (SSSR count). The van der Waals surface area contributed by atoms with Crippen LogP contribution in [0.5, 0.6) is 0 Å². The average molecular weight is 300 g/mol. The summed E-state index contributed by atoms with van der Waals surface area (Å²) in [5.74, 6) is -0.0866. The molecule has 0 N–H and O–H groups in total. The van der Waals surface area contributed by atoms with Crippen molar-refractivity contribution in [2.45, 2.75) is 0 Å². The van der Waals surface area contributed by atoms with Gasteiger partial charge in [0.25, 0.3) is 0 Å². The Labute approximate surface area is 132 Å². The lowest BCUT2D eigenvalue weighted by Crippen LogP contribution is -2.02. The normalized spacial score (nSPS) is 10.8. The highest BCUT2D eigenvalue weighted by atomic mass is 16.1. The van der Waals surface area contributed by atoms with Crippen molar-refractivity contribution in [2.24, 2.45) is 0 Å². The number of carbonyl (C=O) groups is 1. The molecule has 0 aliphatic carbocycles. The number of pyridine rings is 1. The molecule has 110 valence electrons. The minimum atomic E-state index is -0.0866. The topological polar surface area (TPSA) is 60.2 Å². The molecule has 0 amide bonds. The number of rotatable bonds is 3. The Kier molecular flexibility index (Phi) is 3.16. The van der Waals surface area contributed by atoms with Crippen molar-refractivity contribution in [1.29, 1.82) is 0 Å². The lowest BCUT2D eigenvalue weighted by molar-refractivity contribution is 0.104. The SMILES string of the molecule is O=C(c1ccccc1)c1cnn2c(-c3cccnc3)ccnc12. The largest absolute Gasteiger partial charge is 0.288 e. The molecule has 0 atom stereocenters. The van der Waals surface area contributed by atoms with Crippen LogP contribution < -0.4 is 0 Å². The number of fused-ring (bicyclic) bond motifs is 1. The zero-order valence-electron chi connectivity index (χ0n) is 12.1. The summed E-state index contributed by atoms with van der Waals surface area (Å²) >= 11 is 0. The van der Waals surface area contributed by atoms with Gasteiger partial charge in [-0.1, -0.05) is 30.3 Å². The fourth-order valence-electron chi connectivity index (χ4n) is 2.53. The van der Waals surface area contributed by atoms with Crippen molar-refractivity contribution in [1.82, 2.24) is 19.6 Å². The van der Waals surface area contributed by atoms with E-state index in [0.29, 0.717) is 16.8 Å². The first-order chi connectivity index (χ1) is 11.3. The molecular weight excluding hydrogens is 288 g/mol. The number of aromatic nitrogens is 4. The summed E-state index contributed by atoms with van der Waals surface area (Å²) in [4.78, 5) is 21.1. The summed E-state index contributed by atoms with van der Waals surface area (Å²) in [6.45, 7) is 0. The first-order valence-electron chi connectivity index (χ1n) is 7.17. The number of benzene rings is 1. The molecule has 3 heterocycles. The van der Waals surface area contributed by atoms with Crippen molar-refractivity contribution in [3.8, 4) is 11.3 Å². The van der Waals surface area contributed by atoms with E-state index in [4.69, 9.17) is 0 Å². The van der Waals surface area contributed by atoms with Gasteiger partial charge in [-0.3, -0.25) is 9.78 Å². The van der Waals surface area contributed by atoms with Gasteiger partial charge < -0.3 is 0 Å². The van der Waals surface area contributed by atoms with E-state index in [1.54, 1.807) is 41.4 Å². The molecule has 0 unspecified atom stereocenters. The Morgan fingerprint density at radius 2 is 1.78 bits per heavy atom. The molecule has 0 saturated carbocycles. The van der Waals surface area contributed by atoms with Gasteiger partial charge in [-0.25, -0.2) is 9.50 Å². The van der Waals surface area contributed by atoms with Crippen molar-refractivity contribution >= 4 is 11.4 Å². The first-order valence-corrected chi connectivity index (χ1v) is 7.17. The van der Waals surface area contributed by atoms with Crippen LogP contribution in [0.1, 0.15) is 15.9 Å². The second-order valence-electron chi connectivity index (χ2n) is 5.06. The minimum absolute atomic E-state index is 0.0866. The molecule has 23 heavy (non-hydrogen) atoms. The highest BCUT2D eigenvalue weighted by molar-refractivity contribution is 6.12. The van der Waals surface area contributed by atoms with Crippen molar-refractivity contribution in [2.75, 3.05) is 0 Å². The maximum atomic E-state index is 12.7. The second kappa shape index (κ2) is 5.46. The molecule has 0 aliphatic heterocycles. The molecule has 4 aromatic rings. The first kappa shape index (κ1) is 13.3. The van der Waals surface area contributed by atoms with E-state index in [9.17, 15) is 4.79 Å². The fourth-order valence-corrected chi connectivity index (χ4v) is 2.53. The molecule has 5 nitrogen and oxygen atoms in total. The van der Waals surface area contributed by atoms with Gasteiger partial charge in [-0.2, -0.15) is 5.10 Å². The van der Waals surface area contributed by atoms with Gasteiger partial charge in [0.15, 0.2) is 11.4 Å². The van der Waals surface area contributed by atoms with E-state index in [1.165, 1.54) is 0 Å². The molecule has 0 bridgehead atoms. The van der Waals surface area contributed by atoms with Crippen LogP contribution in [-0.2, 0) is 0 Å². The van der Waals surface area contributed by atoms with Gasteiger partial charge in [0, 0.05) is 29.7 Å². The number of hydrogen-bond donors (Lipinski definition) is 0. The van der Waals surface area contributed by atoms with Gasteiger partial charge in [0.1, 0.15) is 0 Å². The van der Waals surface area contributed by atoms with E-state index in [1.807, 2.05) is 36.4 Å². The maximum Gasteiger partial charge on any atom is 0.198 e. The summed E-state index contributed by atoms with van der Waals surface area (Å²) in [5.41, 5.74) is 3.41. The lowest BCUT2D eigenvalue weighted by atomic mass is 10.1. The van der Waals surface area contributed by atoms with Gasteiger partial charge in [-0.15, -0.1) is 0 Å². The summed E-state index contributed by atoms with van der Waals surface area (Å²) in [5, 5.41) is 4.35. The Balaban J connectivity index is 1.87. The van der Waals surface area contributed by atoms with E-state index in [2.05, 4.69) is 15.1 Å². The molecule has 1 aromatic carbocycles. The van der Waals surface area contributed by atoms with Crippen LogP contribution in [0.25, 0.3) is 16.9 Å². The quantitative estimate of drug-likeness (QED) is 0.546. The monoisotopic (exact) mass is 300 g/mol. The third kappa shape index (κ3) is 2.28. The third-order valence-electron chi connectivity index (χ3n) is 3.64. The average Bonchev–Trinajstić information content (AvgIpc) is 3.06. The van der Waals surface area contributed by atoms with Crippen LogP contribution in [0.4, 0.5) is 0 Å². The van der Waals surface area contributed by atoms with E-state index < -0.39 is 0 Å². The fraction of sp³-hybridized carbons (Fsp3) is 0. The predicted molar refractivity (Wildman–Crippen MR) is 86.1 cm³/mol. The van der Waals surface area contributed by atoms with Gasteiger partial charge in [0.2, 0.25) is 0 Å². The van der Waals surface area contributed by atoms with Crippen LogP contribution >= 0.6 is 0 Å². The van der Waals surface area contributed by atoms with E-state index >= 15 is 0 Å². The zero-order chi connectivity index (χ0) is 15.6. The van der Waals surface area contributed by atoms with Crippen LogP contribution in [0.3, 0.4) is 0 Å². The smallest absolute Gasteiger partial charge is 0.198 e. The molecular formula is C18H12N4O. The summed E-state index contributed by atoms with van der Waals surface area (Å²) in [7, 11) is 0. The van der Waals surface area contributed by atoms with Gasteiger partial charge in [0.05, 0.1) is 17.5 Å². The molecule has 3 aromatic heterocycles. The van der Waals surface area contributed by atoms with Gasteiger partial charge >= 0.3 is 0 Å². The Hall–Kier alpha value is -3.34. The summed E-state index contributed by atoms with van der Waals surface area (Å²) in [6.07, 6.45) is 6.73. The highest BCUT2D eigenvalue weighted by Gasteiger charge is 2.17. The molecule has 0 spiro atoms. The standard InChI is InChI=1S/C18H12N4O/c23-17(13-5-2-1-3-6-13)15-12-21-22-16(8-10-20-18(15)22)14-7-4-9-19-11-14/h1-12H. The maximum absolute atomic E-state index is 12.7. The highest BCUT2D eigenvalue weighted by Crippen LogP contribution is 2.21. The number of carbonyl (C=O) groups excluding carboxylic acids is 1. The predicted octanol–water partition coefficient (Wildman–Crippen LogP) is 3.02. The molecule has 0 saturated heterocycles. The van der Waals surface area contributed by atoms with Crippen LogP contribution in [0.2, 0.25) is 0 Å². The van der Waals surface area contributed by atoms with Crippen molar-refractivity contribution in [3.63, 3.8) is 0 Å². The molecule has 0 radical (unpaired) electrons. The van der Waals surface area contributed by atoms with Crippen LogP contribution in [0.15, 0.2) is 73.3 Å². The Morgan fingerprint density at radius 1 is 0.913 bits per heavy atom. The van der Waals surface area contributed by atoms with Crippen LogP contribution in [-0.4, -0.2) is 25.4 Å². The Bertz CT molecular complexity index is 978. The zero-order valence-corrected chi connectivity index (χ0v) is 12.1. The molecule has 0 fully saturated rings. The lowest BCUT2D eigenvalue weighted by Gasteiger charge is -2.04. The third-order valence-corrected chi connectivity index (χ3v) is 3.64. The van der Waals surface area contributed by atoms with Crippen molar-refractivity contribution in [3.05, 3.63) is 84.4 Å². The number of hydrogen-bond acceptors (Lipinski definition) is 4. The second-order valence-corrected chi connectivity index (χ2v) is 5.06. The minimum Gasteiger partial charge on any atom is -0.288 e. The van der Waals surface area contributed by atoms with Crippen LogP contribution in [0, 0.1) is 0 Å². The van der Waals surface area contributed by atoms with Crippen molar-refractivity contribution < 1.29 is 4.79 Å². The molecule has 5 heteroatoms. The van der Waals surface area contributed by atoms with E-state index in [-0.39, 0.29) is 5.78 Å². The Morgan fingerprint density at radius 3 is 2.57 bits per heavy atom. The van der Waals surface area contributed by atoms with E-state index in [0.717, 1.165) is 11.3 Å². The number of nitrogens with zero attached hydrogens (tertiary/aromatic N) is 4. The number of ketones is 1. The summed E-state index contributed by atoms with van der Waals surface area (Å²) < 4.78 is 1.67.